The van der Waals surface area contributed by atoms with Crippen molar-refractivity contribution in [3.05, 3.63) is 41.5 Å². The number of nitrogens with one attached hydrogen (secondary N) is 1. The van der Waals surface area contributed by atoms with E-state index in [1.54, 1.807) is 4.68 Å². The van der Waals surface area contributed by atoms with Crippen LogP contribution < -0.4 is 5.32 Å². The molecule has 2 N–H and O–H groups in total. The average molecular weight is 421 g/mol. The van der Waals surface area contributed by atoms with Crippen molar-refractivity contribution in [2.24, 2.45) is 0 Å². The Morgan fingerprint density at radius 3 is 2.66 bits per heavy atom. The van der Waals surface area contributed by atoms with E-state index in [0.717, 1.165) is 12.3 Å². The highest BCUT2D eigenvalue weighted by Gasteiger charge is 2.26. The first-order valence-electron chi connectivity index (χ1n) is 8.88. The molecule has 2 aromatic rings. The van der Waals surface area contributed by atoms with E-state index >= 15 is 0 Å². The van der Waals surface area contributed by atoms with Gasteiger partial charge in [0.05, 0.1) is 22.8 Å². The third-order valence-corrected chi connectivity index (χ3v) is 6.01. The number of benzene rings is 1. The Morgan fingerprint density at radius 2 is 2.10 bits per heavy atom. The van der Waals surface area contributed by atoms with Crippen LogP contribution in [0.2, 0.25) is 0 Å². The number of nitrogens with zero attached hydrogens (tertiary/aromatic N) is 4. The Bertz CT molecular complexity index is 1070. The number of piperidine rings is 1. The number of sulfone groups is 1. The first kappa shape index (κ1) is 20.6. The highest BCUT2D eigenvalue weighted by atomic mass is 32.2. The molecule has 11 heteroatoms. The smallest absolute Gasteiger partial charge is 0.407 e. The van der Waals surface area contributed by atoms with Gasteiger partial charge in [-0.25, -0.2) is 17.6 Å². The Balaban J connectivity index is 1.72. The number of nitriles is 1. The van der Waals surface area contributed by atoms with Crippen molar-refractivity contribution >= 4 is 21.6 Å². The molecule has 1 saturated heterocycles. The lowest BCUT2D eigenvalue weighted by Crippen LogP contribution is -2.38. The average Bonchev–Trinajstić information content (AvgIpc) is 3.09. The topological polar surface area (TPSA) is 128 Å². The zero-order valence-electron chi connectivity index (χ0n) is 15.7. The fourth-order valence-electron chi connectivity index (χ4n) is 3.29. The van der Waals surface area contributed by atoms with Crippen LogP contribution in [0.25, 0.3) is 0 Å². The summed E-state index contributed by atoms with van der Waals surface area (Å²) in [6.45, 7) is 0.873. The van der Waals surface area contributed by atoms with E-state index < -0.39 is 21.7 Å². The maximum absolute atomic E-state index is 14.2. The summed E-state index contributed by atoms with van der Waals surface area (Å²) >= 11 is 0. The minimum atomic E-state index is -3.50. The zero-order chi connectivity index (χ0) is 21.2. The van der Waals surface area contributed by atoms with Crippen LogP contribution in [0, 0.1) is 17.1 Å². The fourth-order valence-corrected chi connectivity index (χ4v) is 3.92. The summed E-state index contributed by atoms with van der Waals surface area (Å²) in [5.74, 6) is -0.708. The normalized spacial score (nSPS) is 15.1. The van der Waals surface area contributed by atoms with Gasteiger partial charge in [-0.2, -0.15) is 10.4 Å². The van der Waals surface area contributed by atoms with Crippen molar-refractivity contribution in [2.75, 3.05) is 24.7 Å². The second kappa shape index (κ2) is 8.08. The van der Waals surface area contributed by atoms with Crippen molar-refractivity contribution < 1.29 is 22.7 Å². The standard InChI is InChI=1S/C18H20FN5O4S/c1-29(27,28)14-2-3-16(15(19)8-14)21-10-12-11-22-24(17(12)9-20)13-4-6-23(7-5-13)18(25)26/h2-3,8,11,13,21H,4-7,10H2,1H3,(H,25,26). The summed E-state index contributed by atoms with van der Waals surface area (Å²) in [5, 5.41) is 25.7. The van der Waals surface area contributed by atoms with E-state index in [0.29, 0.717) is 37.2 Å². The van der Waals surface area contributed by atoms with Gasteiger partial charge in [-0.15, -0.1) is 0 Å². The third-order valence-electron chi connectivity index (χ3n) is 4.90. The quantitative estimate of drug-likeness (QED) is 0.757. The number of hydrogen-bond acceptors (Lipinski definition) is 6. The Morgan fingerprint density at radius 1 is 1.41 bits per heavy atom. The molecule has 0 atom stereocenters. The lowest BCUT2D eigenvalue weighted by Gasteiger charge is -2.30. The number of rotatable bonds is 5. The predicted molar refractivity (Wildman–Crippen MR) is 102 cm³/mol. The minimum Gasteiger partial charge on any atom is -0.465 e. The van der Waals surface area contributed by atoms with Crippen LogP contribution in [-0.2, 0) is 16.4 Å². The van der Waals surface area contributed by atoms with E-state index in [-0.39, 0.29) is 23.2 Å². The molecule has 1 aliphatic rings. The lowest BCUT2D eigenvalue weighted by molar-refractivity contribution is 0.123. The van der Waals surface area contributed by atoms with Crippen LogP contribution in [0.3, 0.4) is 0 Å². The summed E-state index contributed by atoms with van der Waals surface area (Å²) in [5.41, 5.74) is 1.02. The molecule has 1 amide bonds. The number of anilines is 1. The zero-order valence-corrected chi connectivity index (χ0v) is 16.5. The van der Waals surface area contributed by atoms with Crippen molar-refractivity contribution in [1.82, 2.24) is 14.7 Å². The number of carboxylic acid groups (broad SMARTS) is 1. The second-order valence-corrected chi connectivity index (χ2v) is 8.86. The predicted octanol–water partition coefficient (Wildman–Crippen LogP) is 2.22. The molecule has 2 heterocycles. The van der Waals surface area contributed by atoms with Gasteiger partial charge in [0.15, 0.2) is 9.84 Å². The molecule has 0 unspecified atom stereocenters. The molecular weight excluding hydrogens is 401 g/mol. The lowest BCUT2D eigenvalue weighted by atomic mass is 10.1. The van der Waals surface area contributed by atoms with E-state index in [1.165, 1.54) is 23.2 Å². The number of halogens is 1. The molecule has 0 saturated carbocycles. The number of hydrogen-bond donors (Lipinski definition) is 2. The van der Waals surface area contributed by atoms with Gasteiger partial charge in [0.1, 0.15) is 17.6 Å². The molecule has 0 bridgehead atoms. The Kier molecular flexibility index (Phi) is 5.74. The van der Waals surface area contributed by atoms with Gasteiger partial charge in [-0.05, 0) is 31.0 Å². The van der Waals surface area contributed by atoms with Crippen LogP contribution in [0.5, 0.6) is 0 Å². The summed E-state index contributed by atoms with van der Waals surface area (Å²) in [6, 6.07) is 5.62. The molecule has 29 heavy (non-hydrogen) atoms. The first-order valence-corrected chi connectivity index (χ1v) is 10.8. The van der Waals surface area contributed by atoms with Crippen LogP contribution >= 0.6 is 0 Å². The van der Waals surface area contributed by atoms with Crippen molar-refractivity contribution in [1.29, 1.82) is 5.26 Å². The molecule has 1 fully saturated rings. The maximum atomic E-state index is 14.2. The number of aromatic nitrogens is 2. The van der Waals surface area contributed by atoms with E-state index in [1.807, 2.05) is 0 Å². The Labute approximate surface area is 167 Å². The molecule has 0 spiro atoms. The van der Waals surface area contributed by atoms with Crippen LogP contribution in [0.4, 0.5) is 14.9 Å². The van der Waals surface area contributed by atoms with Crippen LogP contribution in [0.1, 0.15) is 30.1 Å². The van der Waals surface area contributed by atoms with Crippen molar-refractivity contribution in [3.8, 4) is 6.07 Å². The third kappa shape index (κ3) is 4.48. The van der Waals surface area contributed by atoms with Gasteiger partial charge >= 0.3 is 6.09 Å². The summed E-state index contributed by atoms with van der Waals surface area (Å²) in [7, 11) is -3.50. The molecule has 1 aromatic carbocycles. The molecular formula is C18H20FN5O4S. The molecule has 1 aliphatic heterocycles. The van der Waals surface area contributed by atoms with E-state index in [9.17, 15) is 22.9 Å². The highest BCUT2D eigenvalue weighted by molar-refractivity contribution is 7.90. The van der Waals surface area contributed by atoms with Gasteiger partial charge in [0.25, 0.3) is 0 Å². The largest absolute Gasteiger partial charge is 0.465 e. The monoisotopic (exact) mass is 421 g/mol. The highest BCUT2D eigenvalue weighted by Crippen LogP contribution is 2.25. The molecule has 1 aromatic heterocycles. The molecule has 0 aliphatic carbocycles. The van der Waals surface area contributed by atoms with E-state index in [4.69, 9.17) is 5.11 Å². The van der Waals surface area contributed by atoms with Crippen LogP contribution in [0.15, 0.2) is 29.3 Å². The summed E-state index contributed by atoms with van der Waals surface area (Å²) < 4.78 is 38.8. The fraction of sp³-hybridized carbons (Fsp3) is 0.389. The molecule has 9 nitrogen and oxygen atoms in total. The van der Waals surface area contributed by atoms with Gasteiger partial charge < -0.3 is 15.3 Å². The van der Waals surface area contributed by atoms with Gasteiger partial charge in [0.2, 0.25) is 0 Å². The second-order valence-electron chi connectivity index (χ2n) is 6.84. The van der Waals surface area contributed by atoms with Crippen LogP contribution in [-0.4, -0.2) is 53.6 Å². The SMILES string of the molecule is CS(=O)(=O)c1ccc(NCc2cnn(C3CCN(C(=O)O)CC3)c2C#N)c(F)c1. The maximum Gasteiger partial charge on any atom is 0.407 e. The van der Waals surface area contributed by atoms with Crippen molar-refractivity contribution in [3.63, 3.8) is 0 Å². The number of carbonyl (C=O) groups is 1. The molecule has 3 rings (SSSR count). The van der Waals surface area contributed by atoms with E-state index in [2.05, 4.69) is 16.5 Å². The minimum absolute atomic E-state index is 0.0835. The Hall–Kier alpha value is -3.13. The van der Waals surface area contributed by atoms with Gasteiger partial charge in [-0.1, -0.05) is 0 Å². The number of likely N-dealkylation sites (tertiary alicyclic amines) is 1. The van der Waals surface area contributed by atoms with Gasteiger partial charge in [0, 0.05) is 31.5 Å². The number of amides is 1. The van der Waals surface area contributed by atoms with Gasteiger partial charge in [-0.3, -0.25) is 4.68 Å². The molecule has 0 radical (unpaired) electrons. The van der Waals surface area contributed by atoms with Crippen molar-refractivity contribution in [2.45, 2.75) is 30.3 Å². The summed E-state index contributed by atoms with van der Waals surface area (Å²) in [6.07, 6.45) is 2.67. The first-order chi connectivity index (χ1) is 13.7. The summed E-state index contributed by atoms with van der Waals surface area (Å²) in [4.78, 5) is 12.2. The molecule has 154 valence electrons.